The summed E-state index contributed by atoms with van der Waals surface area (Å²) in [6, 6.07) is 3.81. The topological polar surface area (TPSA) is 80.1 Å². The van der Waals surface area contributed by atoms with Crippen LogP contribution in [-0.2, 0) is 9.31 Å². The van der Waals surface area contributed by atoms with Crippen LogP contribution in [0.25, 0.3) is 16.5 Å². The van der Waals surface area contributed by atoms with E-state index in [1.54, 1.807) is 12.3 Å². The van der Waals surface area contributed by atoms with Gasteiger partial charge >= 0.3 is 7.12 Å². The smallest absolute Gasteiger partial charge is 0.399 e. The van der Waals surface area contributed by atoms with Crippen molar-refractivity contribution < 1.29 is 9.31 Å². The second-order valence-corrected chi connectivity index (χ2v) is 5.92. The van der Waals surface area contributed by atoms with Gasteiger partial charge in [0.2, 0.25) is 0 Å². The quantitative estimate of drug-likeness (QED) is 0.369. The van der Waals surface area contributed by atoms with E-state index in [0.717, 1.165) is 11.2 Å². The Bertz CT molecular complexity index is 561. The van der Waals surface area contributed by atoms with Crippen LogP contribution < -0.4 is 5.46 Å². The minimum atomic E-state index is -0.399. The molecule has 1 aliphatic heterocycles. The highest BCUT2D eigenvalue weighted by atomic mass is 16.7. The molecule has 1 saturated heterocycles. The van der Waals surface area contributed by atoms with Crippen molar-refractivity contribution in [2.45, 2.75) is 38.9 Å². The molecule has 2 rings (SSSR count). The first-order chi connectivity index (χ1) is 9.86. The van der Waals surface area contributed by atoms with E-state index in [0.29, 0.717) is 6.54 Å². The Labute approximate surface area is 124 Å². The third-order valence-corrected chi connectivity index (χ3v) is 3.87. The van der Waals surface area contributed by atoms with Gasteiger partial charge < -0.3 is 9.31 Å². The second-order valence-electron chi connectivity index (χ2n) is 5.92. The highest BCUT2D eigenvalue weighted by Crippen LogP contribution is 2.36. The molecule has 0 atom stereocenters. The van der Waals surface area contributed by atoms with Crippen LogP contribution in [0.2, 0.25) is 0 Å². The van der Waals surface area contributed by atoms with Gasteiger partial charge in [-0.25, -0.2) is 0 Å². The second kappa shape index (κ2) is 5.89. The molecule has 0 saturated carbocycles. The van der Waals surface area contributed by atoms with Crippen LogP contribution in [0.5, 0.6) is 0 Å². The first kappa shape index (κ1) is 15.6. The van der Waals surface area contributed by atoms with Crippen LogP contribution in [0, 0.1) is 0 Å². The predicted octanol–water partition coefficient (Wildman–Crippen LogP) is 2.70. The Morgan fingerprint density at radius 3 is 2.48 bits per heavy atom. The SMILES string of the molecule is CC1(C)OB(c2ccc(C=CCN=[N+]=[N-])nc2)OC1(C)C. The lowest BCUT2D eigenvalue weighted by Gasteiger charge is -2.32. The van der Waals surface area contributed by atoms with Crippen LogP contribution >= 0.6 is 0 Å². The molecule has 0 aromatic carbocycles. The van der Waals surface area contributed by atoms with Gasteiger partial charge in [0.25, 0.3) is 0 Å². The molecule has 110 valence electrons. The number of hydrogen-bond donors (Lipinski definition) is 0. The summed E-state index contributed by atoms with van der Waals surface area (Å²) in [4.78, 5) is 7.02. The van der Waals surface area contributed by atoms with E-state index >= 15 is 0 Å². The van der Waals surface area contributed by atoms with E-state index in [-0.39, 0.29) is 11.2 Å². The molecule has 1 aromatic heterocycles. The average Bonchev–Trinajstić information content (AvgIpc) is 2.64. The van der Waals surface area contributed by atoms with Crippen LogP contribution in [0.3, 0.4) is 0 Å². The number of aromatic nitrogens is 1. The van der Waals surface area contributed by atoms with Gasteiger partial charge in [0.05, 0.1) is 16.9 Å². The minimum Gasteiger partial charge on any atom is -0.399 e. The zero-order valence-electron chi connectivity index (χ0n) is 12.8. The Balaban J connectivity index is 2.07. The molecule has 0 unspecified atom stereocenters. The van der Waals surface area contributed by atoms with E-state index in [2.05, 4.69) is 15.0 Å². The Hall–Kier alpha value is -1.82. The highest BCUT2D eigenvalue weighted by Gasteiger charge is 2.51. The number of hydrogen-bond acceptors (Lipinski definition) is 4. The maximum Gasteiger partial charge on any atom is 0.496 e. The summed E-state index contributed by atoms with van der Waals surface area (Å²) in [6.45, 7) is 8.40. The van der Waals surface area contributed by atoms with Gasteiger partial charge in [-0.2, -0.15) is 0 Å². The molecule has 0 N–H and O–H groups in total. The molecule has 2 heterocycles. The van der Waals surface area contributed by atoms with E-state index in [1.165, 1.54) is 0 Å². The average molecular weight is 286 g/mol. The maximum absolute atomic E-state index is 8.19. The molecule has 0 aliphatic carbocycles. The fraction of sp³-hybridized carbons (Fsp3) is 0.500. The van der Waals surface area contributed by atoms with Crippen molar-refractivity contribution in [2.75, 3.05) is 6.54 Å². The third kappa shape index (κ3) is 3.45. The number of rotatable bonds is 4. The normalized spacial score (nSPS) is 19.7. The lowest BCUT2D eigenvalue weighted by atomic mass is 9.80. The summed E-state index contributed by atoms with van der Waals surface area (Å²) in [5.74, 6) is 0. The number of pyridine rings is 1. The van der Waals surface area contributed by atoms with Crippen molar-refractivity contribution >= 4 is 18.7 Å². The van der Waals surface area contributed by atoms with Crippen LogP contribution in [0.15, 0.2) is 29.5 Å². The lowest BCUT2D eigenvalue weighted by Crippen LogP contribution is -2.41. The van der Waals surface area contributed by atoms with E-state index in [1.807, 2.05) is 45.9 Å². The van der Waals surface area contributed by atoms with Crippen molar-refractivity contribution in [1.82, 2.24) is 4.98 Å². The molecular weight excluding hydrogens is 267 g/mol. The van der Waals surface area contributed by atoms with Gasteiger partial charge in [0, 0.05) is 23.1 Å². The summed E-state index contributed by atoms with van der Waals surface area (Å²) in [7, 11) is -0.399. The van der Waals surface area contributed by atoms with Crippen molar-refractivity contribution in [2.24, 2.45) is 5.11 Å². The van der Waals surface area contributed by atoms with Gasteiger partial charge in [-0.1, -0.05) is 17.3 Å². The van der Waals surface area contributed by atoms with Gasteiger partial charge in [0.15, 0.2) is 0 Å². The standard InChI is InChI=1S/C14H19BN4O2/c1-13(2)14(3,4)21-15(20-13)11-7-8-12(17-10-11)6-5-9-18-19-16/h5-8,10H,9H2,1-4H3. The summed E-state index contributed by atoms with van der Waals surface area (Å²) in [5.41, 5.74) is 9.16. The van der Waals surface area contributed by atoms with E-state index in [9.17, 15) is 0 Å². The zero-order valence-corrected chi connectivity index (χ0v) is 12.8. The van der Waals surface area contributed by atoms with Gasteiger partial charge in [-0.05, 0) is 45.4 Å². The molecular formula is C14H19BN4O2. The molecule has 0 bridgehead atoms. The van der Waals surface area contributed by atoms with Crippen molar-refractivity contribution in [3.63, 3.8) is 0 Å². The molecule has 0 spiro atoms. The molecule has 7 heteroatoms. The van der Waals surface area contributed by atoms with Gasteiger partial charge in [-0.15, -0.1) is 0 Å². The maximum atomic E-state index is 8.19. The van der Waals surface area contributed by atoms with Gasteiger partial charge in [-0.3, -0.25) is 4.98 Å². The van der Waals surface area contributed by atoms with Crippen molar-refractivity contribution in [3.05, 3.63) is 40.5 Å². The summed E-state index contributed by atoms with van der Waals surface area (Å²) < 4.78 is 11.9. The monoisotopic (exact) mass is 286 g/mol. The minimum absolute atomic E-state index is 0.317. The first-order valence-electron chi connectivity index (χ1n) is 6.85. The van der Waals surface area contributed by atoms with Gasteiger partial charge in [0.1, 0.15) is 0 Å². The molecule has 1 fully saturated rings. The molecule has 0 radical (unpaired) electrons. The molecule has 6 nitrogen and oxygen atoms in total. The Morgan fingerprint density at radius 2 is 1.95 bits per heavy atom. The summed E-state index contributed by atoms with van der Waals surface area (Å²) in [6.07, 6.45) is 5.31. The number of nitrogens with zero attached hydrogens (tertiary/aromatic N) is 4. The fourth-order valence-electron chi connectivity index (χ4n) is 1.89. The third-order valence-electron chi connectivity index (χ3n) is 3.87. The van der Waals surface area contributed by atoms with Crippen LogP contribution in [-0.4, -0.2) is 29.8 Å². The van der Waals surface area contributed by atoms with Crippen LogP contribution in [0.4, 0.5) is 0 Å². The lowest BCUT2D eigenvalue weighted by molar-refractivity contribution is 0.00578. The predicted molar refractivity (Wildman–Crippen MR) is 83.0 cm³/mol. The van der Waals surface area contributed by atoms with E-state index < -0.39 is 7.12 Å². The summed E-state index contributed by atoms with van der Waals surface area (Å²) in [5, 5.41) is 3.43. The van der Waals surface area contributed by atoms with Crippen LogP contribution in [0.1, 0.15) is 33.4 Å². The highest BCUT2D eigenvalue weighted by molar-refractivity contribution is 6.62. The van der Waals surface area contributed by atoms with E-state index in [4.69, 9.17) is 14.8 Å². The largest absolute Gasteiger partial charge is 0.496 e. The fourth-order valence-corrected chi connectivity index (χ4v) is 1.89. The molecule has 21 heavy (non-hydrogen) atoms. The Kier molecular flexibility index (Phi) is 4.37. The molecule has 1 aliphatic rings. The van der Waals surface area contributed by atoms with Crippen molar-refractivity contribution in [1.29, 1.82) is 0 Å². The summed E-state index contributed by atoms with van der Waals surface area (Å²) >= 11 is 0. The molecule has 1 aromatic rings. The Morgan fingerprint density at radius 1 is 1.29 bits per heavy atom. The first-order valence-corrected chi connectivity index (χ1v) is 6.85. The van der Waals surface area contributed by atoms with Crippen molar-refractivity contribution in [3.8, 4) is 0 Å². The molecule has 0 amide bonds. The number of azide groups is 1. The zero-order chi connectivity index (χ0) is 15.5.